The number of nitrogens with two attached hydrogens (primary N) is 1. The number of hydrogen-bond acceptors (Lipinski definition) is 4. The Morgan fingerprint density at radius 1 is 0.973 bits per heavy atom. The van der Waals surface area contributed by atoms with Crippen molar-refractivity contribution in [3.05, 3.63) is 82.9 Å². The third kappa shape index (κ3) is 6.04. The van der Waals surface area contributed by atoms with Gasteiger partial charge in [-0.1, -0.05) is 60.4 Å². The number of ether oxygens (including phenoxy) is 1. The molecule has 1 saturated heterocycles. The van der Waals surface area contributed by atoms with Crippen LogP contribution in [0.1, 0.15) is 28.2 Å². The van der Waals surface area contributed by atoms with Crippen LogP contribution in [0.15, 0.2) is 60.7 Å². The second-order valence-electron chi connectivity index (χ2n) is 9.52. The maximum absolute atomic E-state index is 13.0. The number of rotatable bonds is 5. The fourth-order valence-corrected chi connectivity index (χ4v) is 5.31. The number of amides is 1. The van der Waals surface area contributed by atoms with Crippen molar-refractivity contribution in [2.45, 2.75) is 19.2 Å². The minimum atomic E-state index is -4.95. The molecule has 0 bridgehead atoms. The van der Waals surface area contributed by atoms with Gasteiger partial charge in [0.25, 0.3) is 0 Å². The van der Waals surface area contributed by atoms with Gasteiger partial charge in [0.2, 0.25) is 0 Å². The molecule has 1 amide bonds. The van der Waals surface area contributed by atoms with Gasteiger partial charge in [-0.05, 0) is 46.9 Å². The zero-order valence-electron chi connectivity index (χ0n) is 21.1. The second kappa shape index (κ2) is 11.4. The maximum Gasteiger partial charge on any atom is 1.00 e. The summed E-state index contributed by atoms with van der Waals surface area (Å²) in [7, 11) is 0. The molecule has 0 unspecified atom stereocenters. The summed E-state index contributed by atoms with van der Waals surface area (Å²) in [6, 6.07) is 19.3. The van der Waals surface area contributed by atoms with Crippen LogP contribution in [0.25, 0.3) is 11.1 Å². The molecule has 1 heterocycles. The van der Waals surface area contributed by atoms with E-state index in [0.29, 0.717) is 37.6 Å². The molecular weight excluding hydrogens is 505 g/mol. The predicted octanol–water partition coefficient (Wildman–Crippen LogP) is 2.58. The third-order valence-electron chi connectivity index (χ3n) is 7.16. The van der Waals surface area contributed by atoms with Gasteiger partial charge in [-0.3, -0.25) is 0 Å². The number of nitrogens with zero attached hydrogens (tertiary/aromatic N) is 2. The number of halogens is 3. The van der Waals surface area contributed by atoms with Crippen molar-refractivity contribution in [1.82, 2.24) is 4.90 Å². The molecule has 188 valence electrons. The molecule has 10 heteroatoms. The van der Waals surface area contributed by atoms with Crippen LogP contribution in [-0.2, 0) is 11.1 Å². The Kier molecular flexibility index (Phi) is 8.65. The Balaban J connectivity index is 0.00000320. The van der Waals surface area contributed by atoms with Gasteiger partial charge in [-0.15, -0.1) is 0 Å². The van der Waals surface area contributed by atoms with E-state index in [0.717, 1.165) is 16.7 Å². The number of piperazine rings is 1. The first-order valence-electron chi connectivity index (χ1n) is 12.2. The largest absolute Gasteiger partial charge is 1.00 e. The molecule has 3 aromatic rings. The molecule has 0 saturated carbocycles. The van der Waals surface area contributed by atoms with Gasteiger partial charge in [0.1, 0.15) is 6.61 Å². The van der Waals surface area contributed by atoms with Gasteiger partial charge in [0.05, 0.1) is 0 Å². The number of fused-ring (bicyclic) bond motifs is 3. The van der Waals surface area contributed by atoms with Crippen LogP contribution in [0.4, 0.5) is 29.1 Å². The van der Waals surface area contributed by atoms with Crippen molar-refractivity contribution in [2.24, 2.45) is 0 Å². The van der Waals surface area contributed by atoms with E-state index in [9.17, 15) is 17.7 Å². The average molecular weight is 533 g/mol. The molecule has 1 aliphatic heterocycles. The summed E-state index contributed by atoms with van der Waals surface area (Å²) in [4.78, 5) is 16.5. The van der Waals surface area contributed by atoms with Crippen molar-refractivity contribution in [3.63, 3.8) is 0 Å². The van der Waals surface area contributed by atoms with Gasteiger partial charge >= 0.3 is 64.5 Å². The van der Waals surface area contributed by atoms with Crippen molar-refractivity contribution < 1.29 is 73.9 Å². The Hall–Kier alpha value is -1.98. The third-order valence-corrected chi connectivity index (χ3v) is 7.16. The fraction of sp³-hybridized carbons (Fsp3) is 0.296. The van der Waals surface area contributed by atoms with E-state index in [1.165, 1.54) is 17.2 Å². The first-order valence-corrected chi connectivity index (χ1v) is 12.2. The molecule has 0 aromatic heterocycles. The Morgan fingerprint density at radius 3 is 2.11 bits per heavy atom. The quantitative estimate of drug-likeness (QED) is 0.405. The summed E-state index contributed by atoms with van der Waals surface area (Å²) in [6.07, 6.45) is -1.33. The summed E-state index contributed by atoms with van der Waals surface area (Å²) in [5.74, 6) is -0.00812. The zero-order valence-corrected chi connectivity index (χ0v) is 24.2. The summed E-state index contributed by atoms with van der Waals surface area (Å²) in [6.45, 7) is -1.07. The van der Waals surface area contributed by atoms with Gasteiger partial charge in [0.15, 0.2) is 0 Å². The Labute approximate surface area is 257 Å². The Morgan fingerprint density at radius 2 is 1.54 bits per heavy atom. The number of benzene rings is 3. The molecule has 5 rings (SSSR count). The summed E-state index contributed by atoms with van der Waals surface area (Å²) >= 11 is 0. The van der Waals surface area contributed by atoms with Crippen molar-refractivity contribution >= 4 is 24.4 Å². The van der Waals surface area contributed by atoms with Gasteiger partial charge in [-0.25, -0.2) is 4.79 Å². The zero-order chi connectivity index (χ0) is 25.4. The van der Waals surface area contributed by atoms with E-state index in [1.54, 1.807) is 11.0 Å². The molecule has 3 aromatic carbocycles. The molecule has 0 radical (unpaired) electrons. The summed E-state index contributed by atoms with van der Waals surface area (Å²) < 4.78 is 44.7. The van der Waals surface area contributed by atoms with Gasteiger partial charge in [0, 0.05) is 43.5 Å². The molecule has 2 N–H and O–H groups in total. The van der Waals surface area contributed by atoms with Crippen LogP contribution in [0.5, 0.6) is 0 Å². The van der Waals surface area contributed by atoms with Gasteiger partial charge in [-0.2, -0.15) is 0 Å². The molecule has 5 nitrogen and oxygen atoms in total. The van der Waals surface area contributed by atoms with E-state index in [2.05, 4.69) is 24.3 Å². The van der Waals surface area contributed by atoms with Crippen LogP contribution >= 0.6 is 0 Å². The number of carbonyl (C=O) groups excluding carboxylic acids is 1. The minimum absolute atomic E-state index is 0. The first kappa shape index (κ1) is 28.0. The van der Waals surface area contributed by atoms with Crippen molar-refractivity contribution in [3.8, 4) is 11.1 Å². The number of anilines is 2. The smallest absolute Gasteiger partial charge is 0.449 e. The second-order valence-corrected chi connectivity index (χ2v) is 9.52. The van der Waals surface area contributed by atoms with Crippen molar-refractivity contribution in [2.75, 3.05) is 43.4 Å². The fourth-order valence-electron chi connectivity index (χ4n) is 5.31. The molecule has 2 aliphatic rings. The SMILES string of the molecule is Cc1c(N)cc(C[B-](F)(F)F)cc1N1CCN(C(=O)OCC2c3ccccc3-c3ccccc32)CC1.[K+]. The topological polar surface area (TPSA) is 58.8 Å². The first-order chi connectivity index (χ1) is 17.2. The Bertz CT molecular complexity index is 1250. The van der Waals surface area contributed by atoms with Crippen LogP contribution in [0.2, 0.25) is 0 Å². The minimum Gasteiger partial charge on any atom is -0.449 e. The number of nitrogen functional groups attached to an aromatic ring is 1. The van der Waals surface area contributed by atoms with Crippen LogP contribution < -0.4 is 62.0 Å². The standard InChI is InChI=1S/C27H28BF3N3O2.K/c1-18-25(32)14-19(16-28(29,30)31)15-26(18)33-10-12-34(13-11-33)27(35)36-17-24-22-8-4-2-6-20(22)21-7-3-5-9-23(21)24;/h2-9,14-15,24H,10-13,16-17,32H2,1H3;/q-1;+1. The van der Waals surface area contributed by atoms with E-state index in [-0.39, 0.29) is 75.6 Å². The predicted molar refractivity (Wildman–Crippen MR) is 137 cm³/mol. The van der Waals surface area contributed by atoms with E-state index in [4.69, 9.17) is 10.5 Å². The monoisotopic (exact) mass is 533 g/mol. The van der Waals surface area contributed by atoms with Gasteiger partial charge < -0.3 is 33.2 Å². The van der Waals surface area contributed by atoms with E-state index >= 15 is 0 Å². The molecule has 0 atom stereocenters. The average Bonchev–Trinajstić information content (AvgIpc) is 3.17. The molecule has 1 aliphatic carbocycles. The summed E-state index contributed by atoms with van der Waals surface area (Å²) in [5.41, 5.74) is 12.6. The number of hydrogen-bond donors (Lipinski definition) is 1. The van der Waals surface area contributed by atoms with Crippen LogP contribution in [0, 0.1) is 6.92 Å². The van der Waals surface area contributed by atoms with Crippen molar-refractivity contribution in [1.29, 1.82) is 0 Å². The van der Waals surface area contributed by atoms with E-state index < -0.39 is 13.3 Å². The van der Waals surface area contributed by atoms with Crippen LogP contribution in [0.3, 0.4) is 0 Å². The molecule has 0 spiro atoms. The molecule has 1 fully saturated rings. The van der Waals surface area contributed by atoms with Crippen LogP contribution in [-0.4, -0.2) is 50.8 Å². The maximum atomic E-state index is 13.0. The van der Waals surface area contributed by atoms with E-state index in [1.807, 2.05) is 36.1 Å². The normalized spacial score (nSPS) is 15.1. The molecule has 37 heavy (non-hydrogen) atoms. The molecular formula is C27H28BF3KN3O2. The summed E-state index contributed by atoms with van der Waals surface area (Å²) in [5, 5.41) is 0. The number of carbonyl (C=O) groups is 1.